The fourth-order valence-corrected chi connectivity index (χ4v) is 5.23. The summed E-state index contributed by atoms with van der Waals surface area (Å²) in [6.07, 6.45) is 1.06. The van der Waals surface area contributed by atoms with Gasteiger partial charge in [-0.3, -0.25) is 10.1 Å². The second-order valence-corrected chi connectivity index (χ2v) is 10.1. The lowest BCUT2D eigenvalue weighted by atomic mass is 10.0. The number of thiophene rings is 1. The van der Waals surface area contributed by atoms with Crippen LogP contribution in [-0.4, -0.2) is 15.9 Å². The molecule has 5 rings (SSSR count). The van der Waals surface area contributed by atoms with Crippen LogP contribution in [0.5, 0.6) is 0 Å². The van der Waals surface area contributed by atoms with Gasteiger partial charge in [-0.25, -0.2) is 9.97 Å². The number of fused-ring (bicyclic) bond motifs is 1. The number of amides is 1. The van der Waals surface area contributed by atoms with Gasteiger partial charge in [-0.05, 0) is 41.5 Å². The summed E-state index contributed by atoms with van der Waals surface area (Å²) in [4.78, 5) is 23.7. The number of benzene rings is 2. The molecule has 0 radical (unpaired) electrons. The molecule has 33 heavy (non-hydrogen) atoms. The molecule has 3 aromatic heterocycles. The fraction of sp³-hybridized carbons (Fsp3) is 0.148. The minimum Gasteiger partial charge on any atom is -0.298 e. The highest BCUT2D eigenvalue weighted by molar-refractivity contribution is 7.14. The van der Waals surface area contributed by atoms with E-state index >= 15 is 0 Å². The van der Waals surface area contributed by atoms with Crippen LogP contribution in [0.3, 0.4) is 0 Å². The van der Waals surface area contributed by atoms with Crippen molar-refractivity contribution in [2.75, 3.05) is 5.32 Å². The molecule has 164 valence electrons. The van der Waals surface area contributed by atoms with Crippen molar-refractivity contribution in [1.82, 2.24) is 9.97 Å². The molecule has 1 amide bonds. The van der Waals surface area contributed by atoms with Crippen molar-refractivity contribution < 1.29 is 4.79 Å². The van der Waals surface area contributed by atoms with Crippen LogP contribution in [0.2, 0.25) is 0 Å². The highest BCUT2D eigenvalue weighted by atomic mass is 32.1. The number of carbonyl (C=O) groups is 1. The highest BCUT2D eigenvalue weighted by Crippen LogP contribution is 2.30. The van der Waals surface area contributed by atoms with Crippen molar-refractivity contribution in [1.29, 1.82) is 0 Å². The Morgan fingerprint density at radius 1 is 0.939 bits per heavy atom. The van der Waals surface area contributed by atoms with E-state index in [1.54, 1.807) is 11.3 Å². The van der Waals surface area contributed by atoms with E-state index in [2.05, 4.69) is 48.4 Å². The Labute approximate surface area is 201 Å². The average molecular weight is 470 g/mol. The van der Waals surface area contributed by atoms with E-state index in [4.69, 9.17) is 4.98 Å². The van der Waals surface area contributed by atoms with Crippen LogP contribution in [0, 0.1) is 5.92 Å². The predicted molar refractivity (Wildman–Crippen MR) is 139 cm³/mol. The normalized spacial score (nSPS) is 11.2. The van der Waals surface area contributed by atoms with Crippen molar-refractivity contribution in [3.63, 3.8) is 0 Å². The standard InChI is InChI=1S/C27H23N3OS2/c1-17(2)14-18-9-11-19(12-10-18)24-16-33-27(29-24)30-26(31)21-15-23(25-8-5-13-32-25)28-22-7-4-3-6-20(21)22/h3-13,15-17H,14H2,1-2H3,(H,29,30,31). The van der Waals surface area contributed by atoms with Crippen LogP contribution in [-0.2, 0) is 6.42 Å². The van der Waals surface area contributed by atoms with Crippen LogP contribution in [0.25, 0.3) is 32.7 Å². The van der Waals surface area contributed by atoms with Gasteiger partial charge in [-0.1, -0.05) is 62.4 Å². The van der Waals surface area contributed by atoms with E-state index in [1.165, 1.54) is 16.9 Å². The molecule has 0 atom stereocenters. The van der Waals surface area contributed by atoms with Gasteiger partial charge in [0.05, 0.1) is 27.3 Å². The van der Waals surface area contributed by atoms with Crippen molar-refractivity contribution in [3.8, 4) is 21.8 Å². The van der Waals surface area contributed by atoms with E-state index in [9.17, 15) is 4.79 Å². The summed E-state index contributed by atoms with van der Waals surface area (Å²) in [5.74, 6) is 0.445. The molecule has 4 nitrogen and oxygen atoms in total. The number of anilines is 1. The Kier molecular flexibility index (Phi) is 6.03. The largest absolute Gasteiger partial charge is 0.298 e. The monoisotopic (exact) mass is 469 g/mol. The maximum absolute atomic E-state index is 13.3. The van der Waals surface area contributed by atoms with E-state index < -0.39 is 0 Å². The van der Waals surface area contributed by atoms with Gasteiger partial charge in [-0.2, -0.15) is 0 Å². The Hall–Kier alpha value is -3.35. The number of hydrogen-bond donors (Lipinski definition) is 1. The highest BCUT2D eigenvalue weighted by Gasteiger charge is 2.16. The molecule has 0 saturated carbocycles. The minimum absolute atomic E-state index is 0.181. The number of aromatic nitrogens is 2. The molecule has 0 bridgehead atoms. The molecule has 0 unspecified atom stereocenters. The average Bonchev–Trinajstić information content (AvgIpc) is 3.51. The third-order valence-corrected chi connectivity index (χ3v) is 7.00. The first kappa shape index (κ1) is 21.5. The van der Waals surface area contributed by atoms with E-state index in [0.29, 0.717) is 16.6 Å². The van der Waals surface area contributed by atoms with E-state index in [1.807, 2.05) is 53.2 Å². The molecule has 5 aromatic rings. The van der Waals surface area contributed by atoms with Crippen LogP contribution in [0.15, 0.2) is 77.5 Å². The second-order valence-electron chi connectivity index (χ2n) is 8.34. The molecule has 0 spiro atoms. The summed E-state index contributed by atoms with van der Waals surface area (Å²) >= 11 is 3.04. The quantitative estimate of drug-likeness (QED) is 0.279. The van der Waals surface area contributed by atoms with Gasteiger partial charge in [0, 0.05) is 16.3 Å². The minimum atomic E-state index is -0.181. The van der Waals surface area contributed by atoms with E-state index in [0.717, 1.165) is 39.2 Å². The molecule has 0 aliphatic carbocycles. The van der Waals surface area contributed by atoms with Gasteiger partial charge in [0.1, 0.15) is 0 Å². The molecule has 1 N–H and O–H groups in total. The first-order chi connectivity index (χ1) is 16.1. The lowest BCUT2D eigenvalue weighted by Crippen LogP contribution is -2.13. The van der Waals surface area contributed by atoms with Crippen molar-refractivity contribution >= 4 is 44.6 Å². The van der Waals surface area contributed by atoms with Crippen molar-refractivity contribution in [2.24, 2.45) is 5.92 Å². The number of para-hydroxylation sites is 1. The van der Waals surface area contributed by atoms with Crippen molar-refractivity contribution in [3.05, 3.63) is 88.6 Å². The number of pyridine rings is 1. The summed E-state index contributed by atoms with van der Waals surface area (Å²) < 4.78 is 0. The molecule has 0 aliphatic heterocycles. The molecule has 2 aromatic carbocycles. The lowest BCUT2D eigenvalue weighted by Gasteiger charge is -2.08. The zero-order valence-corrected chi connectivity index (χ0v) is 20.0. The Bertz CT molecular complexity index is 1400. The van der Waals surface area contributed by atoms with Gasteiger partial charge in [0.25, 0.3) is 5.91 Å². The molecule has 3 heterocycles. The SMILES string of the molecule is CC(C)Cc1ccc(-c2csc(NC(=O)c3cc(-c4cccs4)nc4ccccc34)n2)cc1. The first-order valence-corrected chi connectivity index (χ1v) is 12.6. The van der Waals surface area contributed by atoms with Crippen LogP contribution >= 0.6 is 22.7 Å². The van der Waals surface area contributed by atoms with Crippen LogP contribution < -0.4 is 5.32 Å². The van der Waals surface area contributed by atoms with Crippen LogP contribution in [0.4, 0.5) is 5.13 Å². The van der Waals surface area contributed by atoms with Gasteiger partial charge in [0.2, 0.25) is 0 Å². The molecule has 0 aliphatic rings. The Morgan fingerprint density at radius 3 is 2.52 bits per heavy atom. The number of nitrogens with zero attached hydrogens (tertiary/aromatic N) is 2. The molecule has 0 saturated heterocycles. The number of rotatable bonds is 6. The second kappa shape index (κ2) is 9.25. The smallest absolute Gasteiger partial charge is 0.258 e. The summed E-state index contributed by atoms with van der Waals surface area (Å²) in [5, 5.41) is 8.40. The third-order valence-electron chi connectivity index (χ3n) is 5.35. The maximum atomic E-state index is 13.3. The van der Waals surface area contributed by atoms with E-state index in [-0.39, 0.29) is 5.91 Å². The Balaban J connectivity index is 1.41. The van der Waals surface area contributed by atoms with Gasteiger partial charge < -0.3 is 0 Å². The zero-order valence-electron chi connectivity index (χ0n) is 18.4. The summed E-state index contributed by atoms with van der Waals surface area (Å²) in [5.41, 5.74) is 5.44. The zero-order chi connectivity index (χ0) is 22.8. The molecular formula is C27H23N3OS2. The van der Waals surface area contributed by atoms with Gasteiger partial charge in [0.15, 0.2) is 5.13 Å². The van der Waals surface area contributed by atoms with Crippen molar-refractivity contribution in [2.45, 2.75) is 20.3 Å². The fourth-order valence-electron chi connectivity index (χ4n) is 3.82. The number of hydrogen-bond acceptors (Lipinski definition) is 5. The first-order valence-electron chi connectivity index (χ1n) is 10.9. The molecule has 6 heteroatoms. The maximum Gasteiger partial charge on any atom is 0.258 e. The summed E-state index contributed by atoms with van der Waals surface area (Å²) in [6, 6.07) is 22.1. The topological polar surface area (TPSA) is 54.9 Å². The summed E-state index contributed by atoms with van der Waals surface area (Å²) in [6.45, 7) is 4.44. The third kappa shape index (κ3) is 4.72. The number of thiazole rings is 1. The van der Waals surface area contributed by atoms with Gasteiger partial charge in [-0.15, -0.1) is 22.7 Å². The molecular weight excluding hydrogens is 446 g/mol. The number of nitrogens with one attached hydrogen (secondary N) is 1. The van der Waals surface area contributed by atoms with Gasteiger partial charge >= 0.3 is 0 Å². The van der Waals surface area contributed by atoms with Crippen LogP contribution in [0.1, 0.15) is 29.8 Å². The summed E-state index contributed by atoms with van der Waals surface area (Å²) in [7, 11) is 0. The molecule has 0 fully saturated rings. The predicted octanol–water partition coefficient (Wildman–Crippen LogP) is 7.54. The lowest BCUT2D eigenvalue weighted by molar-refractivity contribution is 0.102. The number of carbonyl (C=O) groups excluding carboxylic acids is 1. The Morgan fingerprint density at radius 2 is 1.76 bits per heavy atom.